The lowest BCUT2D eigenvalue weighted by atomic mass is 9.93. The van der Waals surface area contributed by atoms with Gasteiger partial charge in [-0.15, -0.1) is 0 Å². The minimum absolute atomic E-state index is 0.125. The van der Waals surface area contributed by atoms with E-state index in [1.807, 2.05) is 12.1 Å². The van der Waals surface area contributed by atoms with E-state index in [0.29, 0.717) is 6.61 Å². The van der Waals surface area contributed by atoms with Crippen LogP contribution in [0.15, 0.2) is 18.2 Å². The molecule has 3 rings (SSSR count). The zero-order valence-corrected chi connectivity index (χ0v) is 11.6. The minimum Gasteiger partial charge on any atom is -0.491 e. The zero-order valence-electron chi connectivity index (χ0n) is 11.6. The number of para-hydroxylation sites is 1. The number of likely N-dealkylation sites (tertiary alicyclic amines) is 1. The average molecular weight is 261 g/mol. The van der Waals surface area contributed by atoms with Crippen LogP contribution in [0.4, 0.5) is 0 Å². The molecule has 1 saturated heterocycles. The van der Waals surface area contributed by atoms with E-state index in [2.05, 4.69) is 17.9 Å². The molecule has 0 amide bonds. The van der Waals surface area contributed by atoms with Gasteiger partial charge >= 0.3 is 0 Å². The topological polar surface area (TPSA) is 32.7 Å². The highest BCUT2D eigenvalue weighted by atomic mass is 16.5. The molecule has 0 saturated carbocycles. The number of fused-ring (bicyclic) bond motifs is 1. The molecule has 1 fully saturated rings. The van der Waals surface area contributed by atoms with Crippen molar-refractivity contribution in [3.8, 4) is 5.75 Å². The fraction of sp³-hybridized carbons (Fsp3) is 0.625. The number of aliphatic hydroxyl groups is 1. The Hall–Kier alpha value is -1.06. The maximum absolute atomic E-state index is 10.7. The van der Waals surface area contributed by atoms with Gasteiger partial charge in [-0.05, 0) is 37.9 Å². The number of nitrogens with zero attached hydrogens (tertiary/aromatic N) is 1. The lowest BCUT2D eigenvalue weighted by Gasteiger charge is -2.40. The predicted molar refractivity (Wildman–Crippen MR) is 75.5 cm³/mol. The second-order valence-corrected chi connectivity index (χ2v) is 5.61. The Labute approximate surface area is 115 Å². The third-order valence-electron chi connectivity index (χ3n) is 4.45. The fourth-order valence-electron chi connectivity index (χ4n) is 3.31. The first-order chi connectivity index (χ1) is 9.31. The third-order valence-corrected chi connectivity index (χ3v) is 4.45. The van der Waals surface area contributed by atoms with E-state index in [1.165, 1.54) is 24.8 Å². The Morgan fingerprint density at radius 1 is 1.26 bits per heavy atom. The predicted octanol–water partition coefficient (Wildman–Crippen LogP) is 2.53. The Morgan fingerprint density at radius 2 is 2.05 bits per heavy atom. The molecule has 0 bridgehead atoms. The number of aryl methyl sites for hydroxylation is 1. The highest BCUT2D eigenvalue weighted by Crippen LogP contribution is 2.37. The fourth-order valence-corrected chi connectivity index (χ4v) is 3.31. The number of aliphatic hydroxyl groups excluding tert-OH is 1. The van der Waals surface area contributed by atoms with Crippen LogP contribution in [-0.2, 0) is 6.42 Å². The summed E-state index contributed by atoms with van der Waals surface area (Å²) in [5.74, 6) is 0.922. The van der Waals surface area contributed by atoms with Crippen LogP contribution in [-0.4, -0.2) is 35.7 Å². The van der Waals surface area contributed by atoms with E-state index in [-0.39, 0.29) is 6.04 Å². The summed E-state index contributed by atoms with van der Waals surface area (Å²) in [5.41, 5.74) is 2.18. The maximum atomic E-state index is 10.7. The highest BCUT2D eigenvalue weighted by molar-refractivity contribution is 5.44. The Bertz CT molecular complexity index is 440. The van der Waals surface area contributed by atoms with Gasteiger partial charge in [-0.3, -0.25) is 4.90 Å². The van der Waals surface area contributed by atoms with Gasteiger partial charge in [-0.25, -0.2) is 0 Å². The van der Waals surface area contributed by atoms with Gasteiger partial charge in [0.1, 0.15) is 18.5 Å². The van der Waals surface area contributed by atoms with E-state index in [0.717, 1.165) is 30.8 Å². The quantitative estimate of drug-likeness (QED) is 0.888. The van der Waals surface area contributed by atoms with E-state index in [9.17, 15) is 5.11 Å². The van der Waals surface area contributed by atoms with Crippen molar-refractivity contribution in [2.24, 2.45) is 0 Å². The molecule has 0 aliphatic carbocycles. The maximum Gasteiger partial charge on any atom is 0.128 e. The van der Waals surface area contributed by atoms with Crippen LogP contribution in [0, 0.1) is 0 Å². The number of hydrogen-bond donors (Lipinski definition) is 1. The first-order valence-corrected chi connectivity index (χ1v) is 7.48. The van der Waals surface area contributed by atoms with Gasteiger partial charge in [0, 0.05) is 5.56 Å². The smallest absolute Gasteiger partial charge is 0.128 e. The standard InChI is InChI=1S/C16H23NO2/c1-2-12-7-6-8-13-15(18)14(11-19-16(12)13)17-9-4-3-5-10-17/h6-8,14-15,18H,2-5,9-11H2,1H3. The van der Waals surface area contributed by atoms with Crippen LogP contribution in [0.5, 0.6) is 5.75 Å². The summed E-state index contributed by atoms with van der Waals surface area (Å²) in [4.78, 5) is 2.40. The molecule has 3 heteroatoms. The summed E-state index contributed by atoms with van der Waals surface area (Å²) in [5, 5.41) is 10.7. The van der Waals surface area contributed by atoms with Crippen LogP contribution in [0.25, 0.3) is 0 Å². The number of benzene rings is 1. The van der Waals surface area contributed by atoms with Crippen LogP contribution in [0.3, 0.4) is 0 Å². The molecule has 1 aromatic carbocycles. The molecule has 0 aromatic heterocycles. The zero-order chi connectivity index (χ0) is 13.2. The van der Waals surface area contributed by atoms with Crippen molar-refractivity contribution in [2.45, 2.75) is 44.8 Å². The number of piperidine rings is 1. The van der Waals surface area contributed by atoms with Crippen molar-refractivity contribution >= 4 is 0 Å². The molecule has 2 aliphatic rings. The van der Waals surface area contributed by atoms with E-state index >= 15 is 0 Å². The molecular weight excluding hydrogens is 238 g/mol. The van der Waals surface area contributed by atoms with Gasteiger partial charge in [-0.1, -0.05) is 31.5 Å². The van der Waals surface area contributed by atoms with Crippen molar-refractivity contribution in [1.29, 1.82) is 0 Å². The normalized spacial score (nSPS) is 27.7. The second kappa shape index (κ2) is 5.51. The van der Waals surface area contributed by atoms with E-state index in [1.54, 1.807) is 0 Å². The number of ether oxygens (including phenoxy) is 1. The van der Waals surface area contributed by atoms with Crippen LogP contribution in [0.2, 0.25) is 0 Å². The second-order valence-electron chi connectivity index (χ2n) is 5.61. The molecule has 2 unspecified atom stereocenters. The molecule has 2 atom stereocenters. The first kappa shape index (κ1) is 12.9. The largest absolute Gasteiger partial charge is 0.491 e. The van der Waals surface area contributed by atoms with Gasteiger partial charge in [0.05, 0.1) is 6.04 Å². The SMILES string of the molecule is CCc1cccc2c1OCC(N1CCCCC1)C2O. The molecule has 0 spiro atoms. The van der Waals surface area contributed by atoms with Crippen LogP contribution in [0.1, 0.15) is 43.4 Å². The monoisotopic (exact) mass is 261 g/mol. The van der Waals surface area contributed by atoms with E-state index in [4.69, 9.17) is 4.74 Å². The molecule has 1 aromatic rings. The van der Waals surface area contributed by atoms with Gasteiger partial charge in [0.2, 0.25) is 0 Å². The lowest BCUT2D eigenvalue weighted by Crippen LogP contribution is -2.48. The summed E-state index contributed by atoms with van der Waals surface area (Å²) >= 11 is 0. The Morgan fingerprint density at radius 3 is 2.79 bits per heavy atom. The lowest BCUT2D eigenvalue weighted by molar-refractivity contribution is -0.00469. The average Bonchev–Trinajstić information content (AvgIpc) is 2.48. The number of hydrogen-bond acceptors (Lipinski definition) is 3. The summed E-state index contributed by atoms with van der Waals surface area (Å²) in [6.45, 7) is 4.93. The molecule has 19 heavy (non-hydrogen) atoms. The van der Waals surface area contributed by atoms with Crippen LogP contribution < -0.4 is 4.74 Å². The minimum atomic E-state index is -0.409. The molecule has 2 heterocycles. The molecule has 3 nitrogen and oxygen atoms in total. The third kappa shape index (κ3) is 2.37. The summed E-state index contributed by atoms with van der Waals surface area (Å²) < 4.78 is 5.98. The van der Waals surface area contributed by atoms with E-state index < -0.39 is 6.10 Å². The summed E-state index contributed by atoms with van der Waals surface area (Å²) in [6, 6.07) is 6.25. The highest BCUT2D eigenvalue weighted by Gasteiger charge is 2.34. The van der Waals surface area contributed by atoms with Crippen molar-refractivity contribution in [3.63, 3.8) is 0 Å². The molecule has 0 radical (unpaired) electrons. The van der Waals surface area contributed by atoms with Gasteiger partial charge in [-0.2, -0.15) is 0 Å². The first-order valence-electron chi connectivity index (χ1n) is 7.48. The Balaban J connectivity index is 1.85. The summed E-state index contributed by atoms with van der Waals surface area (Å²) in [6.07, 6.45) is 4.34. The molecule has 1 N–H and O–H groups in total. The Kier molecular flexibility index (Phi) is 3.76. The summed E-state index contributed by atoms with van der Waals surface area (Å²) in [7, 11) is 0. The molecule has 104 valence electrons. The van der Waals surface area contributed by atoms with Crippen molar-refractivity contribution < 1.29 is 9.84 Å². The van der Waals surface area contributed by atoms with Crippen molar-refractivity contribution in [2.75, 3.05) is 19.7 Å². The molecule has 2 aliphatic heterocycles. The number of rotatable bonds is 2. The molecular formula is C16H23NO2. The van der Waals surface area contributed by atoms with Gasteiger partial charge in [0.25, 0.3) is 0 Å². The van der Waals surface area contributed by atoms with Gasteiger partial charge in [0.15, 0.2) is 0 Å². The van der Waals surface area contributed by atoms with Crippen LogP contribution >= 0.6 is 0 Å². The van der Waals surface area contributed by atoms with Gasteiger partial charge < -0.3 is 9.84 Å². The van der Waals surface area contributed by atoms with Crippen molar-refractivity contribution in [3.05, 3.63) is 29.3 Å². The van der Waals surface area contributed by atoms with Crippen molar-refractivity contribution in [1.82, 2.24) is 4.90 Å².